The van der Waals surface area contributed by atoms with Crippen LogP contribution in [0.4, 0.5) is 13.2 Å². The Morgan fingerprint density at radius 1 is 1.06 bits per heavy atom. The Balaban J connectivity index is 1.29. The lowest BCUT2D eigenvalue weighted by Gasteiger charge is -2.28. The van der Waals surface area contributed by atoms with Gasteiger partial charge in [-0.05, 0) is 30.0 Å². The molecule has 0 unspecified atom stereocenters. The van der Waals surface area contributed by atoms with Crippen molar-refractivity contribution in [1.82, 2.24) is 19.9 Å². The molecule has 0 bridgehead atoms. The number of nitrogens with zero attached hydrogens (tertiary/aromatic N) is 4. The van der Waals surface area contributed by atoms with E-state index < -0.39 is 12.1 Å². The number of carbonyl (C=O) groups excluding carboxylic acids is 2. The van der Waals surface area contributed by atoms with E-state index in [-0.39, 0.29) is 41.1 Å². The number of hydrogen-bond acceptors (Lipinski definition) is 5. The summed E-state index contributed by atoms with van der Waals surface area (Å²) in [6, 6.07) is 14.5. The van der Waals surface area contributed by atoms with Crippen LogP contribution >= 0.6 is 0 Å². The van der Waals surface area contributed by atoms with Crippen molar-refractivity contribution in [3.8, 4) is 11.4 Å². The number of likely N-dealkylation sites (tertiary alicyclic amines) is 1. The van der Waals surface area contributed by atoms with Crippen LogP contribution in [0.15, 0.2) is 53.1 Å². The minimum absolute atomic E-state index is 0.0248. The van der Waals surface area contributed by atoms with Crippen LogP contribution in [0.2, 0.25) is 0 Å². The Kier molecular flexibility index (Phi) is 4.94. The summed E-state index contributed by atoms with van der Waals surface area (Å²) >= 11 is 0. The van der Waals surface area contributed by atoms with Crippen molar-refractivity contribution >= 4 is 11.8 Å². The highest BCUT2D eigenvalue weighted by Crippen LogP contribution is 2.40. The van der Waals surface area contributed by atoms with Gasteiger partial charge in [0.15, 0.2) is 0 Å². The number of carbonyl (C=O) groups is 2. The molecule has 1 saturated heterocycles. The van der Waals surface area contributed by atoms with Crippen LogP contribution in [0.25, 0.3) is 11.4 Å². The predicted octanol–water partition coefficient (Wildman–Crippen LogP) is 4.12. The van der Waals surface area contributed by atoms with E-state index in [4.69, 9.17) is 0 Å². The summed E-state index contributed by atoms with van der Waals surface area (Å²) < 4.78 is 42.9. The van der Waals surface area contributed by atoms with Gasteiger partial charge in [-0.15, -0.1) is 0 Å². The lowest BCUT2D eigenvalue weighted by atomic mass is 9.93. The molecule has 3 aliphatic rings. The Hall–Kier alpha value is -3.69. The zero-order valence-corrected chi connectivity index (χ0v) is 18.5. The molecule has 7 nitrogen and oxygen atoms in total. The molecule has 0 N–H and O–H groups in total. The van der Waals surface area contributed by atoms with Gasteiger partial charge in [0, 0.05) is 42.6 Å². The molecule has 3 heterocycles. The van der Waals surface area contributed by atoms with Crippen molar-refractivity contribution in [2.24, 2.45) is 5.92 Å². The lowest BCUT2D eigenvalue weighted by Crippen LogP contribution is -2.41. The van der Waals surface area contributed by atoms with Crippen LogP contribution in [0, 0.1) is 5.92 Å². The monoisotopic (exact) mass is 482 g/mol. The van der Waals surface area contributed by atoms with Gasteiger partial charge in [-0.3, -0.25) is 9.59 Å². The molecular weight excluding hydrogens is 461 g/mol. The molecule has 2 amide bonds. The van der Waals surface area contributed by atoms with Crippen molar-refractivity contribution in [3.05, 3.63) is 71.1 Å². The van der Waals surface area contributed by atoms with Crippen molar-refractivity contribution in [2.75, 3.05) is 13.1 Å². The standard InChI is InChI=1S/C25H21F3N4O3/c26-25(27,28)24-29-21(30-35-24)16-8-9-17-11-32(23(34)18(17)10-16)20-13-31(22(33)15-6-7-15)12-19(20)14-4-2-1-3-5-14/h1-5,8-10,15,19-20H,6-7,11-13H2/t19-,20+/m0/s1. The average molecular weight is 482 g/mol. The van der Waals surface area contributed by atoms with Gasteiger partial charge in [0.1, 0.15) is 0 Å². The summed E-state index contributed by atoms with van der Waals surface area (Å²) in [6.07, 6.45) is -2.91. The first-order valence-corrected chi connectivity index (χ1v) is 11.5. The topological polar surface area (TPSA) is 79.5 Å². The number of rotatable bonds is 4. The summed E-state index contributed by atoms with van der Waals surface area (Å²) in [5, 5.41) is 3.43. The molecule has 2 aliphatic heterocycles. The summed E-state index contributed by atoms with van der Waals surface area (Å²) in [5.74, 6) is -1.65. The molecular formula is C25H21F3N4O3. The zero-order valence-electron chi connectivity index (χ0n) is 18.5. The molecule has 180 valence electrons. The summed E-state index contributed by atoms with van der Waals surface area (Å²) in [5.41, 5.74) is 2.52. The van der Waals surface area contributed by atoms with Gasteiger partial charge in [-0.2, -0.15) is 18.2 Å². The maximum absolute atomic E-state index is 13.5. The Morgan fingerprint density at radius 3 is 2.51 bits per heavy atom. The maximum atomic E-state index is 13.5. The second-order valence-corrected chi connectivity index (χ2v) is 9.33. The molecule has 1 aliphatic carbocycles. The van der Waals surface area contributed by atoms with Gasteiger partial charge in [0.05, 0.1) is 6.04 Å². The van der Waals surface area contributed by atoms with E-state index in [1.165, 1.54) is 6.07 Å². The Labute approximate surface area is 198 Å². The molecule has 3 aromatic rings. The predicted molar refractivity (Wildman–Crippen MR) is 117 cm³/mol. The molecule has 0 spiro atoms. The van der Waals surface area contributed by atoms with Crippen LogP contribution in [0.1, 0.15) is 46.1 Å². The molecule has 1 saturated carbocycles. The second-order valence-electron chi connectivity index (χ2n) is 9.33. The van der Waals surface area contributed by atoms with Crippen molar-refractivity contribution in [1.29, 1.82) is 0 Å². The van der Waals surface area contributed by atoms with E-state index >= 15 is 0 Å². The molecule has 2 fully saturated rings. The highest BCUT2D eigenvalue weighted by atomic mass is 19.4. The van der Waals surface area contributed by atoms with Crippen molar-refractivity contribution in [2.45, 2.75) is 37.5 Å². The molecule has 1 aromatic heterocycles. The van der Waals surface area contributed by atoms with Gasteiger partial charge in [0.2, 0.25) is 11.7 Å². The number of hydrogen-bond donors (Lipinski definition) is 0. The Morgan fingerprint density at radius 2 is 1.83 bits per heavy atom. The van der Waals surface area contributed by atoms with Crippen LogP contribution in [-0.2, 0) is 17.5 Å². The summed E-state index contributed by atoms with van der Waals surface area (Å²) in [4.78, 5) is 33.4. The SMILES string of the molecule is O=C(C1CC1)N1C[C@@H](N2Cc3ccc(-c4noc(C(F)(F)F)n4)cc3C2=O)[C@H](c2ccccc2)C1. The maximum Gasteiger partial charge on any atom is 0.471 e. The quantitative estimate of drug-likeness (QED) is 0.559. The first-order chi connectivity index (χ1) is 16.8. The first kappa shape index (κ1) is 21.8. The average Bonchev–Trinajstić information content (AvgIpc) is 3.26. The van der Waals surface area contributed by atoms with Gasteiger partial charge >= 0.3 is 12.1 Å². The first-order valence-electron chi connectivity index (χ1n) is 11.5. The fraction of sp³-hybridized carbons (Fsp3) is 0.360. The van der Waals surface area contributed by atoms with Crippen LogP contribution in [0.3, 0.4) is 0 Å². The number of benzene rings is 2. The normalized spacial score (nSPS) is 22.1. The fourth-order valence-corrected chi connectivity index (χ4v) is 5.08. The lowest BCUT2D eigenvalue weighted by molar-refractivity contribution is -0.159. The highest BCUT2D eigenvalue weighted by Gasteiger charge is 2.46. The Bertz CT molecular complexity index is 1300. The van der Waals surface area contributed by atoms with E-state index in [0.717, 1.165) is 24.0 Å². The van der Waals surface area contributed by atoms with Crippen LogP contribution in [0.5, 0.6) is 0 Å². The number of halogens is 3. The molecule has 35 heavy (non-hydrogen) atoms. The molecule has 2 aromatic carbocycles. The van der Waals surface area contributed by atoms with Gasteiger partial charge in [-0.25, -0.2) is 0 Å². The third-order valence-corrected chi connectivity index (χ3v) is 7.02. The minimum Gasteiger partial charge on any atom is -0.340 e. The molecule has 6 rings (SSSR count). The van der Waals surface area contributed by atoms with E-state index in [0.29, 0.717) is 25.2 Å². The summed E-state index contributed by atoms with van der Waals surface area (Å²) in [6.45, 7) is 1.38. The number of alkyl halides is 3. The van der Waals surface area contributed by atoms with Gasteiger partial charge < -0.3 is 14.3 Å². The van der Waals surface area contributed by atoms with E-state index in [9.17, 15) is 22.8 Å². The largest absolute Gasteiger partial charge is 0.471 e. The summed E-state index contributed by atoms with van der Waals surface area (Å²) in [7, 11) is 0. The van der Waals surface area contributed by atoms with E-state index in [1.807, 2.05) is 35.2 Å². The third-order valence-electron chi connectivity index (χ3n) is 7.02. The minimum atomic E-state index is -4.74. The third kappa shape index (κ3) is 3.86. The molecule has 2 atom stereocenters. The molecule has 10 heteroatoms. The smallest absolute Gasteiger partial charge is 0.340 e. The van der Waals surface area contributed by atoms with E-state index in [1.54, 1.807) is 17.0 Å². The van der Waals surface area contributed by atoms with Crippen molar-refractivity contribution in [3.63, 3.8) is 0 Å². The number of fused-ring (bicyclic) bond motifs is 1. The van der Waals surface area contributed by atoms with Crippen LogP contribution in [-0.4, -0.2) is 50.9 Å². The van der Waals surface area contributed by atoms with Crippen LogP contribution < -0.4 is 0 Å². The van der Waals surface area contributed by atoms with E-state index in [2.05, 4.69) is 14.7 Å². The fourth-order valence-electron chi connectivity index (χ4n) is 5.08. The number of amides is 2. The van der Waals surface area contributed by atoms with Gasteiger partial charge in [0.25, 0.3) is 5.91 Å². The molecule has 0 radical (unpaired) electrons. The number of aromatic nitrogens is 2. The van der Waals surface area contributed by atoms with Gasteiger partial charge in [-0.1, -0.05) is 47.6 Å². The second kappa shape index (κ2) is 7.93. The van der Waals surface area contributed by atoms with Crippen molar-refractivity contribution < 1.29 is 27.3 Å². The highest BCUT2D eigenvalue weighted by molar-refractivity contribution is 5.99. The zero-order chi connectivity index (χ0) is 24.3.